The summed E-state index contributed by atoms with van der Waals surface area (Å²) in [5.41, 5.74) is 2.49. The number of nitrogens with one attached hydrogen (secondary N) is 2. The Morgan fingerprint density at radius 3 is 1.93 bits per heavy atom. The second kappa shape index (κ2) is 10.1. The lowest BCUT2D eigenvalue weighted by Crippen LogP contribution is -2.38. The Morgan fingerprint density at radius 2 is 1.38 bits per heavy atom. The zero-order chi connectivity index (χ0) is 20.6. The van der Waals surface area contributed by atoms with Crippen molar-refractivity contribution < 1.29 is 9.59 Å². The Balaban J connectivity index is 1.60. The molecule has 0 saturated carbocycles. The summed E-state index contributed by atoms with van der Waals surface area (Å²) in [6.45, 7) is 0.276. The molecule has 148 valence electrons. The summed E-state index contributed by atoms with van der Waals surface area (Å²) in [6.07, 6.45) is 0. The summed E-state index contributed by atoms with van der Waals surface area (Å²) in [6, 6.07) is 24.6. The van der Waals surface area contributed by atoms with Crippen molar-refractivity contribution in [3.05, 3.63) is 106 Å². The lowest BCUT2D eigenvalue weighted by atomic mass is 9.91. The summed E-state index contributed by atoms with van der Waals surface area (Å²) in [7, 11) is 0. The topological polar surface area (TPSA) is 58.2 Å². The number of carbonyl (C=O) groups excluding carboxylic acids is 2. The maximum atomic E-state index is 12.3. The number of hydrogen-bond acceptors (Lipinski definition) is 2. The molecule has 2 amide bonds. The molecule has 6 heteroatoms. The normalized spacial score (nSPS) is 10.6. The summed E-state index contributed by atoms with van der Waals surface area (Å²) >= 11 is 11.9. The number of carbonyl (C=O) groups is 2. The van der Waals surface area contributed by atoms with Gasteiger partial charge in [0, 0.05) is 17.5 Å². The van der Waals surface area contributed by atoms with Crippen LogP contribution < -0.4 is 10.6 Å². The van der Waals surface area contributed by atoms with E-state index in [9.17, 15) is 9.59 Å². The van der Waals surface area contributed by atoms with Crippen LogP contribution in [0.1, 0.15) is 27.4 Å². The third-order valence-corrected chi connectivity index (χ3v) is 5.04. The highest BCUT2D eigenvalue weighted by Crippen LogP contribution is 2.23. The molecule has 0 fully saturated rings. The lowest BCUT2D eigenvalue weighted by molar-refractivity contribution is -0.120. The predicted octanol–water partition coefficient (Wildman–Crippen LogP) is 4.67. The van der Waals surface area contributed by atoms with Crippen LogP contribution in [0.2, 0.25) is 10.0 Å². The van der Waals surface area contributed by atoms with Crippen LogP contribution in [-0.4, -0.2) is 24.9 Å². The van der Waals surface area contributed by atoms with E-state index in [0.29, 0.717) is 11.6 Å². The summed E-state index contributed by atoms with van der Waals surface area (Å²) in [5.74, 6) is -0.687. The third-order valence-electron chi connectivity index (χ3n) is 4.49. The molecule has 0 aliphatic rings. The van der Waals surface area contributed by atoms with E-state index in [-0.39, 0.29) is 29.0 Å². The Bertz CT molecular complexity index is 939. The average Bonchev–Trinajstić information content (AvgIpc) is 2.74. The standard InChI is InChI=1S/C23H20Cl2N2O2/c24-18-11-12-19(21(25)13-18)23(29)27-15-22(28)26-14-20(16-7-3-1-4-8-16)17-9-5-2-6-10-17/h1-13,20H,14-15H2,(H,26,28)(H,27,29). The number of halogens is 2. The number of hydrogen-bond donors (Lipinski definition) is 2. The Labute approximate surface area is 179 Å². The van der Waals surface area contributed by atoms with E-state index in [1.54, 1.807) is 6.07 Å². The van der Waals surface area contributed by atoms with Crippen molar-refractivity contribution in [3.8, 4) is 0 Å². The van der Waals surface area contributed by atoms with Gasteiger partial charge >= 0.3 is 0 Å². The molecule has 0 saturated heterocycles. The average molecular weight is 427 g/mol. The van der Waals surface area contributed by atoms with Crippen LogP contribution in [0.25, 0.3) is 0 Å². The van der Waals surface area contributed by atoms with Gasteiger partial charge in [0.15, 0.2) is 0 Å². The van der Waals surface area contributed by atoms with Gasteiger partial charge in [0.05, 0.1) is 17.1 Å². The van der Waals surface area contributed by atoms with Gasteiger partial charge in [-0.25, -0.2) is 0 Å². The third kappa shape index (κ3) is 5.83. The van der Waals surface area contributed by atoms with Crippen LogP contribution in [0.4, 0.5) is 0 Å². The van der Waals surface area contributed by atoms with Crippen LogP contribution >= 0.6 is 23.2 Å². The maximum absolute atomic E-state index is 12.3. The van der Waals surface area contributed by atoms with Gasteiger partial charge in [-0.05, 0) is 29.3 Å². The van der Waals surface area contributed by atoms with Crippen molar-refractivity contribution in [1.82, 2.24) is 10.6 Å². The minimum atomic E-state index is -0.426. The fraction of sp³-hybridized carbons (Fsp3) is 0.130. The molecular weight excluding hydrogens is 407 g/mol. The van der Waals surface area contributed by atoms with Crippen LogP contribution in [0.3, 0.4) is 0 Å². The van der Waals surface area contributed by atoms with Crippen LogP contribution in [0, 0.1) is 0 Å². The van der Waals surface area contributed by atoms with Gasteiger partial charge in [-0.15, -0.1) is 0 Å². The van der Waals surface area contributed by atoms with Crippen LogP contribution in [-0.2, 0) is 4.79 Å². The molecule has 4 nitrogen and oxygen atoms in total. The molecule has 0 aliphatic heterocycles. The molecule has 0 aliphatic carbocycles. The van der Waals surface area contributed by atoms with Gasteiger partial charge < -0.3 is 10.6 Å². The molecule has 3 rings (SSSR count). The molecule has 29 heavy (non-hydrogen) atoms. The molecule has 3 aromatic carbocycles. The Kier molecular flexibility index (Phi) is 7.28. The first-order valence-electron chi connectivity index (χ1n) is 9.14. The van der Waals surface area contributed by atoms with Crippen LogP contribution in [0.15, 0.2) is 78.9 Å². The van der Waals surface area contributed by atoms with E-state index in [1.165, 1.54) is 12.1 Å². The molecule has 0 spiro atoms. The summed E-state index contributed by atoms with van der Waals surface area (Å²) in [5, 5.41) is 6.17. The molecule has 0 atom stereocenters. The van der Waals surface area contributed by atoms with Gasteiger partial charge in [-0.1, -0.05) is 83.9 Å². The fourth-order valence-electron chi connectivity index (χ4n) is 3.01. The summed E-state index contributed by atoms with van der Waals surface area (Å²) in [4.78, 5) is 24.5. The second-order valence-electron chi connectivity index (χ2n) is 6.48. The molecule has 0 heterocycles. The van der Waals surface area contributed by atoms with Crippen molar-refractivity contribution in [2.24, 2.45) is 0 Å². The number of amides is 2. The zero-order valence-electron chi connectivity index (χ0n) is 15.6. The predicted molar refractivity (Wildman–Crippen MR) is 117 cm³/mol. The van der Waals surface area contributed by atoms with Crippen molar-refractivity contribution in [2.45, 2.75) is 5.92 Å². The monoisotopic (exact) mass is 426 g/mol. The van der Waals surface area contributed by atoms with Gasteiger partial charge in [-0.2, -0.15) is 0 Å². The first-order chi connectivity index (χ1) is 14.0. The van der Waals surface area contributed by atoms with Crippen molar-refractivity contribution in [2.75, 3.05) is 13.1 Å². The quantitative estimate of drug-likeness (QED) is 0.576. The highest BCUT2D eigenvalue weighted by atomic mass is 35.5. The van der Waals surface area contributed by atoms with E-state index in [0.717, 1.165) is 11.1 Å². The van der Waals surface area contributed by atoms with E-state index >= 15 is 0 Å². The van der Waals surface area contributed by atoms with E-state index in [2.05, 4.69) is 10.6 Å². The molecule has 3 aromatic rings. The maximum Gasteiger partial charge on any atom is 0.253 e. The van der Waals surface area contributed by atoms with Crippen molar-refractivity contribution in [3.63, 3.8) is 0 Å². The van der Waals surface area contributed by atoms with Gasteiger partial charge in [0.2, 0.25) is 5.91 Å². The first-order valence-corrected chi connectivity index (χ1v) is 9.90. The largest absolute Gasteiger partial charge is 0.354 e. The van der Waals surface area contributed by atoms with E-state index < -0.39 is 5.91 Å². The zero-order valence-corrected chi connectivity index (χ0v) is 17.1. The summed E-state index contributed by atoms with van der Waals surface area (Å²) < 4.78 is 0. The minimum absolute atomic E-state index is 0.0164. The molecule has 0 aromatic heterocycles. The molecule has 2 N–H and O–H groups in total. The van der Waals surface area contributed by atoms with Gasteiger partial charge in [0.1, 0.15) is 0 Å². The van der Waals surface area contributed by atoms with E-state index in [1.807, 2.05) is 60.7 Å². The van der Waals surface area contributed by atoms with Crippen molar-refractivity contribution in [1.29, 1.82) is 0 Å². The highest BCUT2D eigenvalue weighted by molar-refractivity contribution is 6.36. The smallest absolute Gasteiger partial charge is 0.253 e. The molecular formula is C23H20Cl2N2O2. The highest BCUT2D eigenvalue weighted by Gasteiger charge is 2.16. The van der Waals surface area contributed by atoms with Crippen LogP contribution in [0.5, 0.6) is 0 Å². The fourth-order valence-corrected chi connectivity index (χ4v) is 3.50. The SMILES string of the molecule is O=C(CNC(=O)c1ccc(Cl)cc1Cl)NCC(c1ccccc1)c1ccccc1. The second-order valence-corrected chi connectivity index (χ2v) is 7.33. The number of benzene rings is 3. The van der Waals surface area contributed by atoms with Crippen molar-refractivity contribution >= 4 is 35.0 Å². The minimum Gasteiger partial charge on any atom is -0.354 e. The number of rotatable bonds is 7. The Hall–Kier alpha value is -2.82. The molecule has 0 unspecified atom stereocenters. The molecule has 0 radical (unpaired) electrons. The first kappa shape index (κ1) is 20.9. The van der Waals surface area contributed by atoms with Gasteiger partial charge in [-0.3, -0.25) is 9.59 Å². The molecule has 0 bridgehead atoms. The Morgan fingerprint density at radius 1 is 0.793 bits per heavy atom. The van der Waals surface area contributed by atoms with Gasteiger partial charge in [0.25, 0.3) is 5.91 Å². The lowest BCUT2D eigenvalue weighted by Gasteiger charge is -2.19. The van der Waals surface area contributed by atoms with E-state index in [4.69, 9.17) is 23.2 Å².